The van der Waals surface area contributed by atoms with Crippen LogP contribution in [-0.4, -0.2) is 34.3 Å². The summed E-state index contributed by atoms with van der Waals surface area (Å²) in [5.41, 5.74) is 1.24. The van der Waals surface area contributed by atoms with Crippen LogP contribution in [0, 0.1) is 0 Å². The van der Waals surface area contributed by atoms with Gasteiger partial charge in [0.1, 0.15) is 0 Å². The summed E-state index contributed by atoms with van der Waals surface area (Å²) < 4.78 is 52.2. The molecule has 0 bridgehead atoms. The highest BCUT2D eigenvalue weighted by molar-refractivity contribution is 8.00. The first-order valence-corrected chi connectivity index (χ1v) is 12.4. The van der Waals surface area contributed by atoms with Crippen molar-refractivity contribution in [3.8, 4) is 0 Å². The summed E-state index contributed by atoms with van der Waals surface area (Å²) >= 11 is 3.02. The molecule has 3 rings (SSSR count). The third-order valence-electron chi connectivity index (χ3n) is 3.36. The number of anilines is 1. The molecule has 0 aliphatic rings. The number of rotatable bonds is 5. The maximum Gasteiger partial charge on any atom is 0.261 e. The first-order valence-electron chi connectivity index (χ1n) is 6.96. The fourth-order valence-corrected chi connectivity index (χ4v) is 5.34. The number of thiazole rings is 1. The zero-order chi connectivity index (χ0) is 18.2. The lowest BCUT2D eigenvalue weighted by atomic mass is 10.3. The molecule has 2 aromatic carbocycles. The molecule has 0 radical (unpaired) electrons. The van der Waals surface area contributed by atoms with Crippen LogP contribution < -0.4 is 4.72 Å². The Morgan fingerprint density at radius 1 is 1.00 bits per heavy atom. The van der Waals surface area contributed by atoms with Gasteiger partial charge in [-0.05, 0) is 48.7 Å². The molecule has 0 spiro atoms. The van der Waals surface area contributed by atoms with E-state index in [1.807, 2.05) is 6.26 Å². The fraction of sp³-hybridized carbons (Fsp3) is 0.133. The maximum absolute atomic E-state index is 12.5. The van der Waals surface area contributed by atoms with E-state index in [-0.39, 0.29) is 9.79 Å². The summed E-state index contributed by atoms with van der Waals surface area (Å²) in [4.78, 5) is 4.47. The van der Waals surface area contributed by atoms with E-state index in [1.165, 1.54) is 47.4 Å². The molecule has 0 amide bonds. The number of thioether (sulfide) groups is 1. The topological polar surface area (TPSA) is 93.2 Å². The van der Waals surface area contributed by atoms with Crippen molar-refractivity contribution < 1.29 is 16.8 Å². The van der Waals surface area contributed by atoms with Gasteiger partial charge in [0.05, 0.1) is 25.7 Å². The van der Waals surface area contributed by atoms with E-state index >= 15 is 0 Å². The summed E-state index contributed by atoms with van der Waals surface area (Å²) in [6.07, 6.45) is 3.00. The summed E-state index contributed by atoms with van der Waals surface area (Å²) in [6, 6.07) is 10.2. The van der Waals surface area contributed by atoms with Crippen molar-refractivity contribution >= 4 is 58.9 Å². The molecule has 6 nitrogen and oxygen atoms in total. The second kappa shape index (κ2) is 6.60. The molecule has 0 saturated carbocycles. The molecular weight excluding hydrogens is 400 g/mol. The lowest BCUT2D eigenvalue weighted by molar-refractivity contribution is 0.597. The van der Waals surface area contributed by atoms with Gasteiger partial charge in [-0.3, -0.25) is 4.72 Å². The highest BCUT2D eigenvalue weighted by Crippen LogP contribution is 2.30. The van der Waals surface area contributed by atoms with E-state index in [9.17, 15) is 16.8 Å². The zero-order valence-corrected chi connectivity index (χ0v) is 16.5. The second-order valence-electron chi connectivity index (χ2n) is 5.22. The monoisotopic (exact) mass is 414 g/mol. The smallest absolute Gasteiger partial charge is 0.261 e. The van der Waals surface area contributed by atoms with Gasteiger partial charge in [0.15, 0.2) is 14.2 Å². The maximum atomic E-state index is 12.5. The van der Waals surface area contributed by atoms with Gasteiger partial charge in [-0.1, -0.05) is 11.8 Å². The predicted molar refractivity (Wildman–Crippen MR) is 102 cm³/mol. The van der Waals surface area contributed by atoms with E-state index in [0.29, 0.717) is 5.69 Å². The summed E-state index contributed by atoms with van der Waals surface area (Å²) in [7, 11) is -7.18. The molecule has 1 N–H and O–H groups in total. The molecule has 0 unspecified atom stereocenters. The molecule has 0 saturated heterocycles. The number of aromatic nitrogens is 1. The minimum Gasteiger partial charge on any atom is -0.280 e. The van der Waals surface area contributed by atoms with Crippen LogP contribution in [0.3, 0.4) is 0 Å². The number of sulfonamides is 1. The van der Waals surface area contributed by atoms with Gasteiger partial charge in [-0.2, -0.15) is 0 Å². The Kier molecular flexibility index (Phi) is 4.80. The van der Waals surface area contributed by atoms with Gasteiger partial charge < -0.3 is 0 Å². The van der Waals surface area contributed by atoms with E-state index in [4.69, 9.17) is 0 Å². The first-order chi connectivity index (χ1) is 11.7. The highest BCUT2D eigenvalue weighted by atomic mass is 32.2. The molecule has 1 aromatic heterocycles. The number of nitrogens with zero attached hydrogens (tertiary/aromatic N) is 1. The van der Waals surface area contributed by atoms with E-state index in [1.54, 1.807) is 18.2 Å². The lowest BCUT2D eigenvalue weighted by Gasteiger charge is -2.08. The SMILES string of the molecule is CSc1nc2ccc(NS(=O)(=O)c3ccc(S(C)(=O)=O)cc3)cc2s1. The summed E-state index contributed by atoms with van der Waals surface area (Å²) in [6.45, 7) is 0. The molecule has 0 aliphatic carbocycles. The summed E-state index contributed by atoms with van der Waals surface area (Å²) in [5, 5.41) is 0. The third kappa shape index (κ3) is 3.97. The van der Waals surface area contributed by atoms with Gasteiger partial charge in [0.25, 0.3) is 10.0 Å². The predicted octanol–water partition coefficient (Wildman–Crippen LogP) is 3.22. The Hall–Kier alpha value is -1.62. The van der Waals surface area contributed by atoms with Gasteiger partial charge in [-0.25, -0.2) is 21.8 Å². The van der Waals surface area contributed by atoms with Crippen LogP contribution in [0.15, 0.2) is 56.6 Å². The van der Waals surface area contributed by atoms with Crippen molar-refractivity contribution in [3.05, 3.63) is 42.5 Å². The van der Waals surface area contributed by atoms with Crippen molar-refractivity contribution in [2.45, 2.75) is 14.1 Å². The van der Waals surface area contributed by atoms with Crippen LogP contribution in [0.25, 0.3) is 10.2 Å². The van der Waals surface area contributed by atoms with E-state index in [0.717, 1.165) is 20.8 Å². The number of sulfone groups is 1. The van der Waals surface area contributed by atoms with Gasteiger partial charge in [0, 0.05) is 6.26 Å². The average Bonchev–Trinajstić information content (AvgIpc) is 2.96. The second-order valence-corrected chi connectivity index (χ2v) is 11.0. The van der Waals surface area contributed by atoms with Crippen molar-refractivity contribution in [2.75, 3.05) is 17.2 Å². The number of nitrogens with one attached hydrogen (secondary N) is 1. The van der Waals surface area contributed by atoms with Crippen LogP contribution >= 0.6 is 23.1 Å². The molecule has 1 heterocycles. The Balaban J connectivity index is 1.90. The van der Waals surface area contributed by atoms with Crippen LogP contribution in [0.2, 0.25) is 0 Å². The minimum absolute atomic E-state index is 0.00546. The van der Waals surface area contributed by atoms with Crippen molar-refractivity contribution in [1.29, 1.82) is 0 Å². The van der Waals surface area contributed by atoms with Crippen LogP contribution in [0.4, 0.5) is 5.69 Å². The number of fused-ring (bicyclic) bond motifs is 1. The zero-order valence-electron chi connectivity index (χ0n) is 13.3. The summed E-state index contributed by atoms with van der Waals surface area (Å²) in [5.74, 6) is 0. The lowest BCUT2D eigenvalue weighted by Crippen LogP contribution is -2.13. The van der Waals surface area contributed by atoms with Gasteiger partial charge in [-0.15, -0.1) is 11.3 Å². The Morgan fingerprint density at radius 2 is 1.64 bits per heavy atom. The van der Waals surface area contributed by atoms with Gasteiger partial charge in [0.2, 0.25) is 0 Å². The first kappa shape index (κ1) is 18.2. The third-order valence-corrected chi connectivity index (χ3v) is 7.89. The van der Waals surface area contributed by atoms with Crippen molar-refractivity contribution in [3.63, 3.8) is 0 Å². The molecule has 0 aliphatic heterocycles. The molecule has 132 valence electrons. The van der Waals surface area contributed by atoms with Gasteiger partial charge >= 0.3 is 0 Å². The van der Waals surface area contributed by atoms with Crippen molar-refractivity contribution in [2.24, 2.45) is 0 Å². The quantitative estimate of drug-likeness (QED) is 0.644. The van der Waals surface area contributed by atoms with Crippen LogP contribution in [-0.2, 0) is 19.9 Å². The molecular formula is C15H14N2O4S4. The van der Waals surface area contributed by atoms with Crippen LogP contribution in [0.5, 0.6) is 0 Å². The minimum atomic E-state index is -3.81. The molecule has 10 heteroatoms. The van der Waals surface area contributed by atoms with E-state index < -0.39 is 19.9 Å². The number of hydrogen-bond acceptors (Lipinski definition) is 7. The van der Waals surface area contributed by atoms with Crippen LogP contribution in [0.1, 0.15) is 0 Å². The Labute approximate surface area is 154 Å². The molecule has 25 heavy (non-hydrogen) atoms. The largest absolute Gasteiger partial charge is 0.280 e. The Morgan fingerprint density at radius 3 is 2.24 bits per heavy atom. The Bertz CT molecular complexity index is 1130. The standard InChI is InChI=1S/C15H14N2O4S4/c1-22-15-16-13-8-3-10(9-14(13)23-15)17-25(20,21)12-6-4-11(5-7-12)24(2,18)19/h3-9,17H,1-2H3. The van der Waals surface area contributed by atoms with E-state index in [2.05, 4.69) is 9.71 Å². The average molecular weight is 415 g/mol. The van der Waals surface area contributed by atoms with Crippen molar-refractivity contribution in [1.82, 2.24) is 4.98 Å². The molecule has 0 atom stereocenters. The molecule has 3 aromatic rings. The fourth-order valence-electron chi connectivity index (χ4n) is 2.13. The number of hydrogen-bond donors (Lipinski definition) is 1. The normalized spacial score (nSPS) is 12.4. The molecule has 0 fully saturated rings. The highest BCUT2D eigenvalue weighted by Gasteiger charge is 2.16. The number of benzene rings is 2.